The maximum absolute atomic E-state index is 14.0. The van der Waals surface area contributed by atoms with Crippen LogP contribution >= 0.6 is 11.6 Å². The van der Waals surface area contributed by atoms with Gasteiger partial charge in [-0.05, 0) is 63.4 Å². The van der Waals surface area contributed by atoms with E-state index in [9.17, 15) is 19.5 Å². The van der Waals surface area contributed by atoms with Crippen molar-refractivity contribution in [3.05, 3.63) is 87.3 Å². The number of rotatable bonds is 8. The lowest BCUT2D eigenvalue weighted by atomic mass is 9.98. The maximum Gasteiger partial charge on any atom is 0.408 e. The number of benzene rings is 2. The lowest BCUT2D eigenvalue weighted by Gasteiger charge is -2.44. The Morgan fingerprint density at radius 1 is 1.12 bits per heavy atom. The molecule has 1 amide bonds. The van der Waals surface area contributed by atoms with Gasteiger partial charge in [-0.1, -0.05) is 41.9 Å². The van der Waals surface area contributed by atoms with E-state index in [1.165, 1.54) is 16.6 Å². The number of pyridine rings is 1. The zero-order valence-corrected chi connectivity index (χ0v) is 25.5. The molecule has 2 aromatic carbocycles. The maximum atomic E-state index is 14.0. The Bertz CT molecular complexity index is 1720. The van der Waals surface area contributed by atoms with Crippen molar-refractivity contribution in [3.8, 4) is 5.75 Å². The molecule has 1 fully saturated rings. The monoisotopic (exact) mass is 605 g/mol. The molecule has 0 spiro atoms. The number of carbonyl (C=O) groups excluding carboxylic acids is 1. The fourth-order valence-electron chi connectivity index (χ4n) is 5.93. The minimum atomic E-state index is -0.966. The van der Waals surface area contributed by atoms with Crippen molar-refractivity contribution in [1.82, 2.24) is 19.0 Å². The Morgan fingerprint density at radius 3 is 2.53 bits per heavy atom. The zero-order chi connectivity index (χ0) is 30.9. The summed E-state index contributed by atoms with van der Waals surface area (Å²) in [6.07, 6.45) is 2.10. The summed E-state index contributed by atoms with van der Waals surface area (Å²) in [5.74, 6) is 0.744. The van der Waals surface area contributed by atoms with E-state index < -0.39 is 11.6 Å². The summed E-state index contributed by atoms with van der Waals surface area (Å²) in [6.45, 7) is 6.85. The van der Waals surface area contributed by atoms with E-state index in [0.29, 0.717) is 46.4 Å². The molecule has 0 unspecified atom stereocenters. The van der Waals surface area contributed by atoms with Crippen LogP contribution in [0.4, 0.5) is 10.7 Å². The minimum absolute atomic E-state index is 0.174. The Labute approximate surface area is 255 Å². The van der Waals surface area contributed by atoms with E-state index in [1.807, 2.05) is 43.5 Å². The Morgan fingerprint density at radius 2 is 1.84 bits per heavy atom. The number of halogens is 1. The summed E-state index contributed by atoms with van der Waals surface area (Å²) in [5, 5.41) is 10.6. The highest BCUT2D eigenvalue weighted by atomic mass is 35.5. The molecule has 1 saturated heterocycles. The number of anilines is 1. The quantitative estimate of drug-likeness (QED) is 0.263. The van der Waals surface area contributed by atoms with Crippen LogP contribution in [-0.4, -0.2) is 67.8 Å². The van der Waals surface area contributed by atoms with Crippen LogP contribution in [0.15, 0.2) is 65.6 Å². The van der Waals surface area contributed by atoms with E-state index in [4.69, 9.17) is 21.3 Å². The number of amides is 1. The van der Waals surface area contributed by atoms with Gasteiger partial charge in [-0.3, -0.25) is 14.5 Å². The number of carboxylic acid groups (broad SMARTS) is 1. The first kappa shape index (κ1) is 30.2. The van der Waals surface area contributed by atoms with Crippen molar-refractivity contribution in [2.75, 3.05) is 25.1 Å². The van der Waals surface area contributed by atoms with Crippen LogP contribution in [0.25, 0.3) is 11.0 Å². The van der Waals surface area contributed by atoms with Gasteiger partial charge in [-0.2, -0.15) is 0 Å². The Balaban J connectivity index is 1.59. The van der Waals surface area contributed by atoms with Gasteiger partial charge in [-0.15, -0.1) is 0 Å². The number of methoxy groups -OCH3 is 1. The Kier molecular flexibility index (Phi) is 8.50. The Hall–Kier alpha value is -4.31. The lowest BCUT2D eigenvalue weighted by Crippen LogP contribution is -2.57. The highest BCUT2D eigenvalue weighted by Gasteiger charge is 2.37. The van der Waals surface area contributed by atoms with Crippen molar-refractivity contribution in [3.63, 3.8) is 0 Å². The molecule has 4 aromatic rings. The molecule has 0 radical (unpaired) electrons. The first-order valence-corrected chi connectivity index (χ1v) is 14.6. The standard InChI is InChI=1S/C32H36ClN5O5/c1-32(2,3)38(31(41)42)22-11-9-16-36(19-22)30-34-25-15-17-35(20-26(39)23-12-6-8-14-27(23)43-4)29(40)28(25)37(30)18-21-10-5-7-13-24(21)33/h5-8,10,12-15,17,22H,9,11,16,18-20H2,1-4H3,(H,41,42)/t22-/m1/s1. The molecule has 5 rings (SSSR count). The molecule has 0 bridgehead atoms. The van der Waals surface area contributed by atoms with Gasteiger partial charge < -0.3 is 23.9 Å². The third-order valence-electron chi connectivity index (χ3n) is 7.83. The summed E-state index contributed by atoms with van der Waals surface area (Å²) < 4.78 is 8.58. The van der Waals surface area contributed by atoms with E-state index in [-0.39, 0.29) is 30.5 Å². The van der Waals surface area contributed by atoms with Gasteiger partial charge in [0, 0.05) is 29.8 Å². The number of Topliss-reactive ketones (excluding diaryl/α,β-unsaturated/α-hetero) is 1. The second kappa shape index (κ2) is 12.1. The summed E-state index contributed by atoms with van der Waals surface area (Å²) >= 11 is 6.56. The molecule has 0 saturated carbocycles. The second-order valence-corrected chi connectivity index (χ2v) is 12.2. The fourth-order valence-corrected chi connectivity index (χ4v) is 6.13. The molecule has 43 heavy (non-hydrogen) atoms. The molecular weight excluding hydrogens is 570 g/mol. The van der Waals surface area contributed by atoms with Gasteiger partial charge in [0.15, 0.2) is 5.78 Å². The van der Waals surface area contributed by atoms with Crippen LogP contribution < -0.4 is 15.2 Å². The van der Waals surface area contributed by atoms with Crippen LogP contribution in [0.5, 0.6) is 5.75 Å². The fraction of sp³-hybridized carbons (Fsp3) is 0.375. The van der Waals surface area contributed by atoms with Crippen molar-refractivity contribution >= 4 is 40.5 Å². The van der Waals surface area contributed by atoms with Gasteiger partial charge in [0.25, 0.3) is 5.56 Å². The van der Waals surface area contributed by atoms with Gasteiger partial charge >= 0.3 is 6.09 Å². The predicted molar refractivity (Wildman–Crippen MR) is 167 cm³/mol. The van der Waals surface area contributed by atoms with Crippen molar-refractivity contribution in [1.29, 1.82) is 0 Å². The van der Waals surface area contributed by atoms with Gasteiger partial charge in [0.2, 0.25) is 5.95 Å². The number of hydrogen-bond donors (Lipinski definition) is 1. The molecule has 1 atom stereocenters. The summed E-state index contributed by atoms with van der Waals surface area (Å²) in [5.41, 5.74) is 1.09. The largest absolute Gasteiger partial charge is 0.496 e. The van der Waals surface area contributed by atoms with E-state index >= 15 is 0 Å². The number of imidazole rings is 1. The predicted octanol–water partition coefficient (Wildman–Crippen LogP) is 5.54. The SMILES string of the molecule is COc1ccccc1C(=O)Cn1ccc2nc(N3CCC[C@@H](N(C(=O)O)C(C)(C)C)C3)n(Cc3ccccc3Cl)c2c1=O. The average Bonchev–Trinajstić information content (AvgIpc) is 3.33. The molecule has 11 heteroatoms. The van der Waals surface area contributed by atoms with Crippen LogP contribution in [-0.2, 0) is 13.1 Å². The van der Waals surface area contributed by atoms with Crippen molar-refractivity contribution in [2.45, 2.75) is 58.3 Å². The number of ether oxygens (including phenoxy) is 1. The first-order valence-electron chi connectivity index (χ1n) is 14.3. The normalized spacial score (nSPS) is 15.5. The number of ketones is 1. The third-order valence-corrected chi connectivity index (χ3v) is 8.20. The highest BCUT2D eigenvalue weighted by Crippen LogP contribution is 2.30. The zero-order valence-electron chi connectivity index (χ0n) is 24.8. The molecular formula is C32H36ClN5O5. The number of hydrogen-bond acceptors (Lipinski definition) is 6. The molecule has 1 aliphatic rings. The highest BCUT2D eigenvalue weighted by molar-refractivity contribution is 6.31. The van der Waals surface area contributed by atoms with Gasteiger partial charge in [-0.25, -0.2) is 9.78 Å². The van der Waals surface area contributed by atoms with Crippen molar-refractivity contribution < 1.29 is 19.4 Å². The number of nitrogens with zero attached hydrogens (tertiary/aromatic N) is 5. The van der Waals surface area contributed by atoms with Crippen LogP contribution in [0, 0.1) is 0 Å². The lowest BCUT2D eigenvalue weighted by molar-refractivity contribution is 0.0646. The molecule has 0 aliphatic carbocycles. The number of para-hydroxylation sites is 1. The van der Waals surface area contributed by atoms with Gasteiger partial charge in [0.1, 0.15) is 11.3 Å². The van der Waals surface area contributed by atoms with E-state index in [0.717, 1.165) is 18.4 Å². The molecule has 226 valence electrons. The summed E-state index contributed by atoms with van der Waals surface area (Å²) in [6, 6.07) is 15.8. The minimum Gasteiger partial charge on any atom is -0.496 e. The van der Waals surface area contributed by atoms with Crippen LogP contribution in [0.2, 0.25) is 5.02 Å². The molecule has 10 nitrogen and oxygen atoms in total. The second-order valence-electron chi connectivity index (χ2n) is 11.8. The number of carbonyl (C=O) groups is 2. The summed E-state index contributed by atoms with van der Waals surface area (Å²) in [4.78, 5) is 48.0. The van der Waals surface area contributed by atoms with Crippen molar-refractivity contribution in [2.24, 2.45) is 0 Å². The number of piperidine rings is 1. The molecule has 2 aromatic heterocycles. The van der Waals surface area contributed by atoms with Crippen LogP contribution in [0.3, 0.4) is 0 Å². The topological polar surface area (TPSA) is 110 Å². The van der Waals surface area contributed by atoms with E-state index in [2.05, 4.69) is 4.90 Å². The number of aromatic nitrogens is 3. The van der Waals surface area contributed by atoms with Gasteiger partial charge in [0.05, 0.1) is 37.3 Å². The smallest absolute Gasteiger partial charge is 0.408 e. The number of fused-ring (bicyclic) bond motifs is 1. The van der Waals surface area contributed by atoms with Crippen LogP contribution in [0.1, 0.15) is 49.5 Å². The first-order chi connectivity index (χ1) is 20.5. The molecule has 1 N–H and O–H groups in total. The molecule has 1 aliphatic heterocycles. The average molecular weight is 606 g/mol. The summed E-state index contributed by atoms with van der Waals surface area (Å²) in [7, 11) is 1.50. The third kappa shape index (κ3) is 6.10. The van der Waals surface area contributed by atoms with E-state index in [1.54, 1.807) is 42.6 Å². The molecule has 3 heterocycles.